The van der Waals surface area contributed by atoms with Crippen LogP contribution in [0.5, 0.6) is 5.19 Å². The summed E-state index contributed by atoms with van der Waals surface area (Å²) in [5, 5.41) is 0.666. The Kier molecular flexibility index (Phi) is 2.14. The SMILES string of the molecule is COc1nc2cc(I)cnc2s1. The molecule has 0 aliphatic carbocycles. The molecule has 0 unspecified atom stereocenters. The Balaban J connectivity index is 2.67. The maximum atomic E-state index is 5.00. The van der Waals surface area contributed by atoms with Gasteiger partial charge in [0.15, 0.2) is 0 Å². The van der Waals surface area contributed by atoms with E-state index >= 15 is 0 Å². The number of pyridine rings is 1. The van der Waals surface area contributed by atoms with Gasteiger partial charge in [-0.15, -0.1) is 0 Å². The summed E-state index contributed by atoms with van der Waals surface area (Å²) in [6.45, 7) is 0. The lowest BCUT2D eigenvalue weighted by atomic mass is 10.5. The molecule has 0 radical (unpaired) electrons. The fraction of sp³-hybridized carbons (Fsp3) is 0.143. The van der Waals surface area contributed by atoms with Gasteiger partial charge < -0.3 is 4.74 Å². The normalized spacial score (nSPS) is 10.5. The van der Waals surface area contributed by atoms with E-state index < -0.39 is 0 Å². The molecule has 0 atom stereocenters. The van der Waals surface area contributed by atoms with Crippen LogP contribution < -0.4 is 4.74 Å². The lowest BCUT2D eigenvalue weighted by Gasteiger charge is -1.86. The molecule has 2 aromatic rings. The van der Waals surface area contributed by atoms with Gasteiger partial charge in [-0.3, -0.25) is 0 Å². The van der Waals surface area contributed by atoms with Crippen LogP contribution in [0.15, 0.2) is 12.3 Å². The van der Waals surface area contributed by atoms with Gasteiger partial charge in [0, 0.05) is 9.77 Å². The van der Waals surface area contributed by atoms with Crippen LogP contribution in [-0.2, 0) is 0 Å². The second-order valence-corrected chi connectivity index (χ2v) is 4.35. The Hall–Kier alpha value is -0.430. The molecule has 3 nitrogen and oxygen atoms in total. The van der Waals surface area contributed by atoms with Crippen LogP contribution in [0.4, 0.5) is 0 Å². The van der Waals surface area contributed by atoms with Crippen molar-refractivity contribution in [2.24, 2.45) is 0 Å². The van der Waals surface area contributed by atoms with Gasteiger partial charge in [-0.05, 0) is 28.7 Å². The second kappa shape index (κ2) is 3.14. The van der Waals surface area contributed by atoms with Crippen LogP contribution in [0, 0.1) is 3.57 Å². The summed E-state index contributed by atoms with van der Waals surface area (Å²) in [5.74, 6) is 0. The smallest absolute Gasteiger partial charge is 0.275 e. The lowest BCUT2D eigenvalue weighted by molar-refractivity contribution is 0.413. The molecule has 0 saturated carbocycles. The highest BCUT2D eigenvalue weighted by Gasteiger charge is 2.04. The Morgan fingerprint density at radius 3 is 3.17 bits per heavy atom. The number of nitrogens with zero attached hydrogens (tertiary/aromatic N) is 2. The fourth-order valence-electron chi connectivity index (χ4n) is 0.866. The number of aromatic nitrogens is 2. The number of ether oxygens (including phenoxy) is 1. The standard InChI is InChI=1S/C7H5IN2OS/c1-11-7-10-5-2-4(8)3-9-6(5)12-7/h2-3H,1H3. The minimum Gasteiger partial charge on any atom is -0.473 e. The minimum atomic E-state index is 0.666. The van der Waals surface area contributed by atoms with E-state index in [1.807, 2.05) is 12.3 Å². The van der Waals surface area contributed by atoms with Gasteiger partial charge in [-0.25, -0.2) is 9.97 Å². The molecule has 0 bridgehead atoms. The van der Waals surface area contributed by atoms with Crippen LogP contribution >= 0.6 is 33.9 Å². The molecule has 0 aromatic carbocycles. The number of hydrogen-bond donors (Lipinski definition) is 0. The Morgan fingerprint density at radius 2 is 2.42 bits per heavy atom. The van der Waals surface area contributed by atoms with Gasteiger partial charge in [0.1, 0.15) is 10.3 Å². The topological polar surface area (TPSA) is 35.0 Å². The van der Waals surface area contributed by atoms with Gasteiger partial charge in [0.05, 0.1) is 7.11 Å². The first-order valence-corrected chi connectivity index (χ1v) is 5.15. The average Bonchev–Trinajstić information content (AvgIpc) is 2.46. The number of thiazole rings is 1. The number of halogens is 1. The predicted molar refractivity (Wildman–Crippen MR) is 56.7 cm³/mol. The van der Waals surface area contributed by atoms with Crippen molar-refractivity contribution >= 4 is 44.3 Å². The highest BCUT2D eigenvalue weighted by atomic mass is 127. The third-order valence-electron chi connectivity index (χ3n) is 1.37. The molecule has 2 rings (SSSR count). The van der Waals surface area contributed by atoms with Crippen molar-refractivity contribution in [3.63, 3.8) is 0 Å². The van der Waals surface area contributed by atoms with Gasteiger partial charge in [0.2, 0.25) is 0 Å². The van der Waals surface area contributed by atoms with Gasteiger partial charge in [-0.1, -0.05) is 11.3 Å². The summed E-state index contributed by atoms with van der Waals surface area (Å²) in [4.78, 5) is 9.36. The van der Waals surface area contributed by atoms with E-state index in [2.05, 4.69) is 32.6 Å². The Labute approximate surface area is 86.9 Å². The fourth-order valence-corrected chi connectivity index (χ4v) is 2.01. The molecule has 0 spiro atoms. The number of fused-ring (bicyclic) bond motifs is 1. The number of methoxy groups -OCH3 is 1. The molecule has 0 saturated heterocycles. The summed E-state index contributed by atoms with van der Waals surface area (Å²) < 4.78 is 6.09. The van der Waals surface area contributed by atoms with Gasteiger partial charge in [0.25, 0.3) is 5.19 Å². The molecule has 12 heavy (non-hydrogen) atoms. The Bertz CT molecular complexity index is 415. The third-order valence-corrected chi connectivity index (χ3v) is 2.90. The van der Waals surface area contributed by atoms with Crippen molar-refractivity contribution in [1.29, 1.82) is 0 Å². The molecular weight excluding hydrogens is 287 g/mol. The molecule has 5 heteroatoms. The maximum absolute atomic E-state index is 5.00. The van der Waals surface area contributed by atoms with Crippen molar-refractivity contribution in [3.8, 4) is 5.19 Å². The number of rotatable bonds is 1. The van der Waals surface area contributed by atoms with E-state index in [1.54, 1.807) is 7.11 Å². The molecule has 62 valence electrons. The monoisotopic (exact) mass is 292 g/mol. The zero-order valence-corrected chi connectivity index (χ0v) is 9.22. The molecule has 0 aliphatic heterocycles. The van der Waals surface area contributed by atoms with E-state index in [4.69, 9.17) is 4.74 Å². The largest absolute Gasteiger partial charge is 0.473 e. The van der Waals surface area contributed by atoms with Gasteiger partial charge in [-0.2, -0.15) is 0 Å². The molecule has 0 N–H and O–H groups in total. The summed E-state index contributed by atoms with van der Waals surface area (Å²) in [7, 11) is 1.61. The van der Waals surface area contributed by atoms with Crippen LogP contribution in [0.25, 0.3) is 10.3 Å². The quantitative estimate of drug-likeness (QED) is 0.757. The van der Waals surface area contributed by atoms with E-state index in [-0.39, 0.29) is 0 Å². The Morgan fingerprint density at radius 1 is 1.58 bits per heavy atom. The molecule has 0 amide bonds. The van der Waals surface area contributed by atoms with E-state index in [9.17, 15) is 0 Å². The summed E-state index contributed by atoms with van der Waals surface area (Å²) >= 11 is 3.67. The van der Waals surface area contributed by atoms with Crippen molar-refractivity contribution in [3.05, 3.63) is 15.8 Å². The molecule has 0 aliphatic rings. The zero-order valence-electron chi connectivity index (χ0n) is 6.24. The molecular formula is C7H5IN2OS. The van der Waals surface area contributed by atoms with Crippen LogP contribution in [0.1, 0.15) is 0 Å². The maximum Gasteiger partial charge on any atom is 0.275 e. The van der Waals surface area contributed by atoms with E-state index in [0.29, 0.717) is 5.19 Å². The van der Waals surface area contributed by atoms with E-state index in [0.717, 1.165) is 13.9 Å². The third kappa shape index (κ3) is 1.38. The van der Waals surface area contributed by atoms with Crippen molar-refractivity contribution in [1.82, 2.24) is 9.97 Å². The first-order valence-electron chi connectivity index (χ1n) is 3.25. The first kappa shape index (κ1) is 8.18. The lowest BCUT2D eigenvalue weighted by Crippen LogP contribution is -1.79. The number of hydrogen-bond acceptors (Lipinski definition) is 4. The van der Waals surface area contributed by atoms with Crippen LogP contribution in [0.2, 0.25) is 0 Å². The zero-order chi connectivity index (χ0) is 8.55. The van der Waals surface area contributed by atoms with Crippen molar-refractivity contribution < 1.29 is 4.74 Å². The van der Waals surface area contributed by atoms with Gasteiger partial charge >= 0.3 is 0 Å². The second-order valence-electron chi connectivity index (χ2n) is 2.16. The average molecular weight is 292 g/mol. The van der Waals surface area contributed by atoms with Crippen LogP contribution in [-0.4, -0.2) is 17.1 Å². The van der Waals surface area contributed by atoms with Crippen molar-refractivity contribution in [2.45, 2.75) is 0 Å². The molecule has 0 fully saturated rings. The summed E-state index contributed by atoms with van der Waals surface area (Å²) in [6.07, 6.45) is 1.82. The first-order chi connectivity index (χ1) is 5.79. The molecule has 2 heterocycles. The summed E-state index contributed by atoms with van der Waals surface area (Å²) in [5.41, 5.74) is 0.906. The minimum absolute atomic E-state index is 0.666. The summed E-state index contributed by atoms with van der Waals surface area (Å²) in [6, 6.07) is 1.99. The predicted octanol–water partition coefficient (Wildman–Crippen LogP) is 2.30. The highest BCUT2D eigenvalue weighted by molar-refractivity contribution is 14.1. The van der Waals surface area contributed by atoms with Crippen LogP contribution in [0.3, 0.4) is 0 Å². The van der Waals surface area contributed by atoms with E-state index in [1.165, 1.54) is 11.3 Å². The molecule has 2 aromatic heterocycles. The highest BCUT2D eigenvalue weighted by Crippen LogP contribution is 2.26. The van der Waals surface area contributed by atoms with Crippen molar-refractivity contribution in [2.75, 3.05) is 7.11 Å².